The van der Waals surface area contributed by atoms with Crippen molar-refractivity contribution in [2.75, 3.05) is 44.1 Å². The predicted molar refractivity (Wildman–Crippen MR) is 116 cm³/mol. The SMILES string of the molecule is COCC(=O)N1C[C@@H]2C[C@H]1CN2c1nc(Nc2cc(C)n[nH]2)c2cccc(OC)c2n1. The maximum Gasteiger partial charge on any atom is 0.248 e. The fourth-order valence-corrected chi connectivity index (χ4v) is 4.54. The molecule has 10 heteroatoms. The van der Waals surface area contributed by atoms with E-state index in [-0.39, 0.29) is 24.6 Å². The molecule has 1 aromatic carbocycles. The second-order valence-electron chi connectivity index (χ2n) is 7.95. The number of carbonyl (C=O) groups is 1. The van der Waals surface area contributed by atoms with Crippen LogP contribution >= 0.6 is 0 Å². The van der Waals surface area contributed by atoms with Gasteiger partial charge in [-0.25, -0.2) is 4.98 Å². The first-order valence-corrected chi connectivity index (χ1v) is 10.3. The van der Waals surface area contributed by atoms with Crippen molar-refractivity contribution in [1.82, 2.24) is 25.1 Å². The van der Waals surface area contributed by atoms with Gasteiger partial charge in [0.1, 0.15) is 29.5 Å². The highest BCUT2D eigenvalue weighted by molar-refractivity contribution is 5.95. The first-order valence-electron chi connectivity index (χ1n) is 10.3. The molecule has 31 heavy (non-hydrogen) atoms. The number of methoxy groups -OCH3 is 2. The number of anilines is 3. The van der Waals surface area contributed by atoms with Crippen LogP contribution in [-0.2, 0) is 9.53 Å². The second-order valence-corrected chi connectivity index (χ2v) is 7.95. The molecule has 2 bridgehead atoms. The first-order chi connectivity index (χ1) is 15.1. The van der Waals surface area contributed by atoms with Crippen molar-refractivity contribution in [3.8, 4) is 5.75 Å². The van der Waals surface area contributed by atoms with Crippen molar-refractivity contribution < 1.29 is 14.3 Å². The normalized spacial score (nSPS) is 20.0. The molecule has 2 fully saturated rings. The van der Waals surface area contributed by atoms with E-state index in [1.165, 1.54) is 0 Å². The van der Waals surface area contributed by atoms with Gasteiger partial charge >= 0.3 is 0 Å². The average molecular weight is 423 g/mol. The maximum absolute atomic E-state index is 12.3. The molecule has 2 aliphatic heterocycles. The summed E-state index contributed by atoms with van der Waals surface area (Å²) in [7, 11) is 3.18. The van der Waals surface area contributed by atoms with E-state index in [1.807, 2.05) is 36.1 Å². The number of hydrogen-bond acceptors (Lipinski definition) is 8. The number of aromatic amines is 1. The number of likely N-dealkylation sites (tertiary alicyclic amines) is 1. The standard InChI is InChI=1S/C21H25N7O3/c1-12-7-17(26-25-12)22-20-15-5-4-6-16(31-3)19(15)23-21(24-20)28-10-13-8-14(28)9-27(13)18(29)11-30-2/h4-7,13-14H,8-11H2,1-3H3,(H2,22,23,24,25,26)/t13-,14-/m0/s1. The fraction of sp³-hybridized carbons (Fsp3) is 0.429. The van der Waals surface area contributed by atoms with Crippen LogP contribution in [0.1, 0.15) is 12.1 Å². The molecule has 162 valence electrons. The van der Waals surface area contributed by atoms with E-state index < -0.39 is 0 Å². The summed E-state index contributed by atoms with van der Waals surface area (Å²) in [4.78, 5) is 26.1. The monoisotopic (exact) mass is 423 g/mol. The summed E-state index contributed by atoms with van der Waals surface area (Å²) in [5.41, 5.74) is 1.63. The van der Waals surface area contributed by atoms with Crippen molar-refractivity contribution in [2.24, 2.45) is 0 Å². The number of amides is 1. The van der Waals surface area contributed by atoms with Gasteiger partial charge in [-0.05, 0) is 25.5 Å². The molecule has 2 N–H and O–H groups in total. The summed E-state index contributed by atoms with van der Waals surface area (Å²) in [6.45, 7) is 3.39. The lowest BCUT2D eigenvalue weighted by Gasteiger charge is -2.34. The zero-order valence-electron chi connectivity index (χ0n) is 17.8. The van der Waals surface area contributed by atoms with Crippen molar-refractivity contribution in [3.63, 3.8) is 0 Å². The zero-order chi connectivity index (χ0) is 21.5. The van der Waals surface area contributed by atoms with Gasteiger partial charge in [0.25, 0.3) is 0 Å². The predicted octanol–water partition coefficient (Wildman–Crippen LogP) is 1.85. The highest BCUT2D eigenvalue weighted by atomic mass is 16.5. The number of rotatable bonds is 6. The molecule has 0 saturated carbocycles. The van der Waals surface area contributed by atoms with Gasteiger partial charge in [-0.3, -0.25) is 9.89 Å². The summed E-state index contributed by atoms with van der Waals surface area (Å²) in [6, 6.07) is 8.03. The smallest absolute Gasteiger partial charge is 0.248 e. The van der Waals surface area contributed by atoms with Crippen molar-refractivity contribution in [1.29, 1.82) is 0 Å². The molecule has 0 aliphatic carbocycles. The fourth-order valence-electron chi connectivity index (χ4n) is 4.54. The lowest BCUT2D eigenvalue weighted by atomic mass is 10.2. The number of H-pyrrole nitrogens is 1. The van der Waals surface area contributed by atoms with Gasteiger partial charge < -0.3 is 24.6 Å². The number of para-hydroxylation sites is 1. The number of aryl methyl sites for hydroxylation is 1. The van der Waals surface area contributed by atoms with Crippen molar-refractivity contribution in [3.05, 3.63) is 30.0 Å². The van der Waals surface area contributed by atoms with Crippen LogP contribution in [0.15, 0.2) is 24.3 Å². The number of piperazine rings is 1. The van der Waals surface area contributed by atoms with E-state index in [0.29, 0.717) is 30.6 Å². The highest BCUT2D eigenvalue weighted by Crippen LogP contribution is 2.37. The Kier molecular flexibility index (Phi) is 4.85. The number of hydrogen-bond donors (Lipinski definition) is 2. The third-order valence-electron chi connectivity index (χ3n) is 5.94. The van der Waals surface area contributed by atoms with Crippen LogP contribution in [0.25, 0.3) is 10.9 Å². The number of carbonyl (C=O) groups excluding carboxylic acids is 1. The largest absolute Gasteiger partial charge is 0.494 e. The molecule has 5 rings (SSSR count). The van der Waals surface area contributed by atoms with Crippen LogP contribution in [-0.4, -0.2) is 77.0 Å². The molecule has 2 aromatic heterocycles. The van der Waals surface area contributed by atoms with E-state index >= 15 is 0 Å². The van der Waals surface area contributed by atoms with E-state index in [2.05, 4.69) is 20.4 Å². The molecule has 1 amide bonds. The molecule has 0 radical (unpaired) electrons. The molecular formula is C21H25N7O3. The molecule has 3 aromatic rings. The van der Waals surface area contributed by atoms with Crippen LogP contribution in [0.5, 0.6) is 5.75 Å². The van der Waals surface area contributed by atoms with Crippen LogP contribution in [0.3, 0.4) is 0 Å². The number of aromatic nitrogens is 4. The Morgan fingerprint density at radius 3 is 2.81 bits per heavy atom. The van der Waals surface area contributed by atoms with Crippen LogP contribution < -0.4 is 15.0 Å². The lowest BCUT2D eigenvalue weighted by molar-refractivity contribution is -0.136. The maximum atomic E-state index is 12.3. The summed E-state index contributed by atoms with van der Waals surface area (Å²) in [6.07, 6.45) is 0.908. The van der Waals surface area contributed by atoms with Gasteiger partial charge in [0, 0.05) is 31.7 Å². The van der Waals surface area contributed by atoms with Gasteiger partial charge in [-0.1, -0.05) is 6.07 Å². The van der Waals surface area contributed by atoms with Crippen LogP contribution in [0.4, 0.5) is 17.6 Å². The minimum Gasteiger partial charge on any atom is -0.494 e. The summed E-state index contributed by atoms with van der Waals surface area (Å²) in [5, 5.41) is 11.4. The Labute approximate surface area is 179 Å². The Morgan fingerprint density at radius 2 is 2.13 bits per heavy atom. The summed E-state index contributed by atoms with van der Waals surface area (Å²) in [5.74, 6) is 2.78. The lowest BCUT2D eigenvalue weighted by Crippen LogP contribution is -2.50. The Balaban J connectivity index is 1.50. The van der Waals surface area contributed by atoms with Gasteiger partial charge in [-0.2, -0.15) is 10.1 Å². The molecule has 4 heterocycles. The summed E-state index contributed by atoms with van der Waals surface area (Å²) < 4.78 is 10.6. The molecule has 10 nitrogen and oxygen atoms in total. The topological polar surface area (TPSA) is 108 Å². The number of fused-ring (bicyclic) bond motifs is 3. The number of benzene rings is 1. The van der Waals surface area contributed by atoms with Crippen LogP contribution in [0.2, 0.25) is 0 Å². The molecular weight excluding hydrogens is 398 g/mol. The number of nitrogens with one attached hydrogen (secondary N) is 2. The van der Waals surface area contributed by atoms with Gasteiger partial charge in [0.15, 0.2) is 0 Å². The number of nitrogens with zero attached hydrogens (tertiary/aromatic N) is 5. The Morgan fingerprint density at radius 1 is 1.26 bits per heavy atom. The Bertz CT molecular complexity index is 1130. The average Bonchev–Trinajstić information content (AvgIpc) is 3.49. The van der Waals surface area contributed by atoms with Crippen molar-refractivity contribution >= 4 is 34.4 Å². The van der Waals surface area contributed by atoms with Gasteiger partial charge in [0.05, 0.1) is 24.9 Å². The zero-order valence-corrected chi connectivity index (χ0v) is 17.8. The molecule has 0 spiro atoms. The Hall–Kier alpha value is -3.40. The third-order valence-corrected chi connectivity index (χ3v) is 5.94. The highest BCUT2D eigenvalue weighted by Gasteiger charge is 2.46. The van der Waals surface area contributed by atoms with E-state index in [1.54, 1.807) is 14.2 Å². The van der Waals surface area contributed by atoms with E-state index in [9.17, 15) is 4.79 Å². The van der Waals surface area contributed by atoms with Crippen molar-refractivity contribution in [2.45, 2.75) is 25.4 Å². The number of ether oxygens (including phenoxy) is 2. The van der Waals surface area contributed by atoms with Gasteiger partial charge in [-0.15, -0.1) is 0 Å². The van der Waals surface area contributed by atoms with E-state index in [4.69, 9.17) is 19.4 Å². The van der Waals surface area contributed by atoms with Crippen LogP contribution in [0, 0.1) is 6.92 Å². The molecule has 2 saturated heterocycles. The van der Waals surface area contributed by atoms with Gasteiger partial charge in [0.2, 0.25) is 11.9 Å². The quantitative estimate of drug-likeness (QED) is 0.618. The molecule has 2 aliphatic rings. The molecule has 0 unspecified atom stereocenters. The minimum absolute atomic E-state index is 0.0349. The van der Waals surface area contributed by atoms with E-state index in [0.717, 1.165) is 28.8 Å². The first kappa shape index (κ1) is 19.6. The summed E-state index contributed by atoms with van der Waals surface area (Å²) >= 11 is 0. The second kappa shape index (κ2) is 7.69. The minimum atomic E-state index is 0.0349. The molecule has 2 atom stereocenters. The third kappa shape index (κ3) is 3.42.